The number of carbonyl (C=O) groups excluding carboxylic acids is 1. The van der Waals surface area contributed by atoms with Gasteiger partial charge in [-0.2, -0.15) is 0 Å². The second-order valence-corrected chi connectivity index (χ2v) is 5.29. The molecule has 4 N–H and O–H groups in total. The third kappa shape index (κ3) is 2.43. The van der Waals surface area contributed by atoms with Crippen LogP contribution in [-0.2, 0) is 11.2 Å². The predicted molar refractivity (Wildman–Crippen MR) is 74.2 cm³/mol. The average molecular weight is 261 g/mol. The lowest BCUT2D eigenvalue weighted by atomic mass is 10.1. The van der Waals surface area contributed by atoms with E-state index in [4.69, 9.17) is 5.73 Å². The van der Waals surface area contributed by atoms with Crippen molar-refractivity contribution in [2.24, 2.45) is 5.73 Å². The quantitative estimate of drug-likeness (QED) is 0.720. The summed E-state index contributed by atoms with van der Waals surface area (Å²) >= 11 is 0. The van der Waals surface area contributed by atoms with Crippen molar-refractivity contribution in [3.63, 3.8) is 0 Å². The van der Waals surface area contributed by atoms with E-state index in [9.17, 15) is 9.90 Å². The van der Waals surface area contributed by atoms with E-state index < -0.39 is 6.10 Å². The summed E-state index contributed by atoms with van der Waals surface area (Å²) < 4.78 is 0. The standard InChI is InChI=1S/C14H19N3O2/c15-7-12(18)8-16-10-1-4-13-9(5-10)6-14(19)17(13)11-2-3-11/h1,4-5,11-12,16,18H,2-3,6-8,15H2/t12-/m1/s1. The molecule has 5 nitrogen and oxygen atoms in total. The Hall–Kier alpha value is -1.59. The first-order valence-corrected chi connectivity index (χ1v) is 6.76. The number of hydrogen-bond donors (Lipinski definition) is 3. The molecule has 3 rings (SSSR count). The second kappa shape index (κ2) is 4.83. The fraction of sp³-hybridized carbons (Fsp3) is 0.500. The van der Waals surface area contributed by atoms with E-state index in [1.54, 1.807) is 0 Å². The van der Waals surface area contributed by atoms with E-state index in [0.29, 0.717) is 19.0 Å². The Bertz CT molecular complexity index is 499. The normalized spacial score (nSPS) is 19.5. The molecule has 1 atom stereocenters. The van der Waals surface area contributed by atoms with Crippen LogP contribution in [0.15, 0.2) is 18.2 Å². The Morgan fingerprint density at radius 2 is 2.26 bits per heavy atom. The van der Waals surface area contributed by atoms with E-state index in [1.165, 1.54) is 0 Å². The maximum atomic E-state index is 12.0. The van der Waals surface area contributed by atoms with Crippen LogP contribution in [0.25, 0.3) is 0 Å². The van der Waals surface area contributed by atoms with Gasteiger partial charge in [0.05, 0.1) is 12.5 Å². The molecule has 1 saturated carbocycles. The molecule has 1 amide bonds. The summed E-state index contributed by atoms with van der Waals surface area (Å²) in [6.07, 6.45) is 2.18. The lowest BCUT2D eigenvalue weighted by Crippen LogP contribution is -2.28. The van der Waals surface area contributed by atoms with Gasteiger partial charge in [-0.3, -0.25) is 4.79 Å². The largest absolute Gasteiger partial charge is 0.390 e. The SMILES string of the molecule is NC[C@@H](O)CNc1ccc2c(c1)CC(=O)N2C1CC1. The smallest absolute Gasteiger partial charge is 0.231 e. The van der Waals surface area contributed by atoms with Crippen molar-refractivity contribution in [1.82, 2.24) is 0 Å². The summed E-state index contributed by atoms with van der Waals surface area (Å²) in [5.41, 5.74) is 8.42. The summed E-state index contributed by atoms with van der Waals surface area (Å²) in [7, 11) is 0. The number of anilines is 2. The van der Waals surface area contributed by atoms with Gasteiger partial charge >= 0.3 is 0 Å². The van der Waals surface area contributed by atoms with Gasteiger partial charge in [0.15, 0.2) is 0 Å². The third-order valence-corrected chi connectivity index (χ3v) is 3.68. The number of benzene rings is 1. The van der Waals surface area contributed by atoms with Crippen molar-refractivity contribution in [3.8, 4) is 0 Å². The molecule has 5 heteroatoms. The lowest BCUT2D eigenvalue weighted by Gasteiger charge is -2.17. The Morgan fingerprint density at radius 3 is 2.95 bits per heavy atom. The molecule has 0 aromatic heterocycles. The Morgan fingerprint density at radius 1 is 1.47 bits per heavy atom. The Labute approximate surface area is 112 Å². The molecule has 2 aliphatic rings. The molecule has 1 aliphatic carbocycles. The van der Waals surface area contributed by atoms with Gasteiger partial charge in [0, 0.05) is 30.5 Å². The van der Waals surface area contributed by atoms with E-state index in [-0.39, 0.29) is 12.5 Å². The molecule has 0 spiro atoms. The number of amides is 1. The van der Waals surface area contributed by atoms with Gasteiger partial charge in [0.2, 0.25) is 5.91 Å². The number of fused-ring (bicyclic) bond motifs is 1. The summed E-state index contributed by atoms with van der Waals surface area (Å²) in [4.78, 5) is 13.9. The number of nitrogens with one attached hydrogen (secondary N) is 1. The zero-order valence-electron chi connectivity index (χ0n) is 10.8. The van der Waals surface area contributed by atoms with Crippen LogP contribution in [0.3, 0.4) is 0 Å². The summed E-state index contributed by atoms with van der Waals surface area (Å²) in [5, 5.41) is 12.6. The molecule has 0 radical (unpaired) electrons. The highest BCUT2D eigenvalue weighted by Crippen LogP contribution is 2.39. The molecule has 0 unspecified atom stereocenters. The van der Waals surface area contributed by atoms with Gasteiger partial charge < -0.3 is 21.1 Å². The first-order valence-electron chi connectivity index (χ1n) is 6.76. The molecule has 1 aromatic rings. The number of nitrogens with zero attached hydrogens (tertiary/aromatic N) is 1. The number of carbonyl (C=O) groups is 1. The molecular formula is C14H19N3O2. The van der Waals surface area contributed by atoms with Crippen LogP contribution in [0, 0.1) is 0 Å². The van der Waals surface area contributed by atoms with E-state index in [0.717, 1.165) is 29.8 Å². The average Bonchev–Trinajstić information content (AvgIpc) is 3.18. The molecule has 1 heterocycles. The second-order valence-electron chi connectivity index (χ2n) is 5.29. The fourth-order valence-corrected chi connectivity index (χ4v) is 2.51. The Balaban J connectivity index is 1.74. The van der Waals surface area contributed by atoms with E-state index in [2.05, 4.69) is 5.32 Å². The maximum absolute atomic E-state index is 12.0. The van der Waals surface area contributed by atoms with Crippen LogP contribution >= 0.6 is 0 Å². The van der Waals surface area contributed by atoms with Crippen LogP contribution in [0.1, 0.15) is 18.4 Å². The zero-order chi connectivity index (χ0) is 13.4. The molecular weight excluding hydrogens is 242 g/mol. The minimum atomic E-state index is -0.544. The lowest BCUT2D eigenvalue weighted by molar-refractivity contribution is -0.117. The van der Waals surface area contributed by atoms with Gasteiger partial charge in [-0.15, -0.1) is 0 Å². The van der Waals surface area contributed by atoms with E-state index in [1.807, 2.05) is 23.1 Å². The monoisotopic (exact) mass is 261 g/mol. The van der Waals surface area contributed by atoms with Crippen molar-refractivity contribution in [3.05, 3.63) is 23.8 Å². The highest BCUT2D eigenvalue weighted by atomic mass is 16.3. The first-order chi connectivity index (χ1) is 9.19. The highest BCUT2D eigenvalue weighted by Gasteiger charge is 2.38. The molecule has 0 saturated heterocycles. The fourth-order valence-electron chi connectivity index (χ4n) is 2.51. The van der Waals surface area contributed by atoms with Crippen molar-refractivity contribution in [2.45, 2.75) is 31.4 Å². The van der Waals surface area contributed by atoms with Gasteiger partial charge in [-0.25, -0.2) is 0 Å². The molecule has 19 heavy (non-hydrogen) atoms. The number of rotatable bonds is 5. The third-order valence-electron chi connectivity index (χ3n) is 3.68. The van der Waals surface area contributed by atoms with Gasteiger partial charge in [-0.05, 0) is 36.6 Å². The molecule has 1 aliphatic heterocycles. The predicted octanol–water partition coefficient (Wildman–Crippen LogP) is 0.470. The van der Waals surface area contributed by atoms with Crippen molar-refractivity contribution >= 4 is 17.3 Å². The number of aliphatic hydroxyl groups is 1. The van der Waals surface area contributed by atoms with Gasteiger partial charge in [0.25, 0.3) is 0 Å². The van der Waals surface area contributed by atoms with E-state index >= 15 is 0 Å². The highest BCUT2D eigenvalue weighted by molar-refractivity contribution is 6.02. The zero-order valence-corrected chi connectivity index (χ0v) is 10.8. The summed E-state index contributed by atoms with van der Waals surface area (Å²) in [5.74, 6) is 0.205. The van der Waals surface area contributed by atoms with Crippen LogP contribution in [-0.4, -0.2) is 36.2 Å². The number of aliphatic hydroxyl groups excluding tert-OH is 1. The minimum absolute atomic E-state index is 0.205. The van der Waals surface area contributed by atoms with Crippen molar-refractivity contribution < 1.29 is 9.90 Å². The molecule has 0 bridgehead atoms. The topological polar surface area (TPSA) is 78.6 Å². The van der Waals surface area contributed by atoms with Crippen LogP contribution < -0.4 is 16.0 Å². The summed E-state index contributed by atoms with van der Waals surface area (Å²) in [6, 6.07) is 6.37. The van der Waals surface area contributed by atoms with Crippen molar-refractivity contribution in [2.75, 3.05) is 23.3 Å². The first kappa shape index (κ1) is 12.4. The van der Waals surface area contributed by atoms with Gasteiger partial charge in [-0.1, -0.05) is 0 Å². The van der Waals surface area contributed by atoms with Crippen LogP contribution in [0.2, 0.25) is 0 Å². The molecule has 102 valence electrons. The molecule has 1 fully saturated rings. The molecule has 1 aromatic carbocycles. The van der Waals surface area contributed by atoms with Crippen molar-refractivity contribution in [1.29, 1.82) is 0 Å². The summed E-state index contributed by atoms with van der Waals surface area (Å²) in [6.45, 7) is 0.668. The Kier molecular flexibility index (Phi) is 3.16. The number of hydrogen-bond acceptors (Lipinski definition) is 4. The number of nitrogens with two attached hydrogens (primary N) is 1. The maximum Gasteiger partial charge on any atom is 0.231 e. The minimum Gasteiger partial charge on any atom is -0.390 e. The van der Waals surface area contributed by atoms with Gasteiger partial charge in [0.1, 0.15) is 0 Å². The van der Waals surface area contributed by atoms with Crippen LogP contribution in [0.5, 0.6) is 0 Å². The van der Waals surface area contributed by atoms with Crippen LogP contribution in [0.4, 0.5) is 11.4 Å².